The number of hydrogen-bond donors (Lipinski definition) is 0. The topological polar surface area (TPSA) is 34.6 Å². The van der Waals surface area contributed by atoms with E-state index in [0.29, 0.717) is 6.10 Å². The third-order valence-corrected chi connectivity index (χ3v) is 6.02. The molecule has 0 amide bonds. The maximum Gasteiger partial charge on any atom is 0.161 e. The molecule has 0 N–H and O–H groups in total. The molecule has 5 heteroatoms. The minimum absolute atomic E-state index is 0.250. The highest BCUT2D eigenvalue weighted by atomic mass is 32.2. The van der Waals surface area contributed by atoms with Crippen LogP contribution in [0.4, 0.5) is 0 Å². The van der Waals surface area contributed by atoms with Crippen LogP contribution in [0.3, 0.4) is 0 Å². The zero-order valence-electron chi connectivity index (χ0n) is 15.0. The van der Waals surface area contributed by atoms with Crippen molar-refractivity contribution in [3.8, 4) is 11.5 Å². The van der Waals surface area contributed by atoms with Gasteiger partial charge in [-0.2, -0.15) is 0 Å². The molecular weight excluding hydrogens is 344 g/mol. The summed E-state index contributed by atoms with van der Waals surface area (Å²) in [5.74, 6) is 1.69. The Morgan fingerprint density at radius 1 is 1.12 bits per heavy atom. The second-order valence-corrected chi connectivity index (χ2v) is 7.73. The highest BCUT2D eigenvalue weighted by Gasteiger charge is 2.24. The van der Waals surface area contributed by atoms with Crippen LogP contribution in [0, 0.1) is 0 Å². The molecule has 1 atom stereocenters. The largest absolute Gasteiger partial charge is 0.493 e. The van der Waals surface area contributed by atoms with Gasteiger partial charge in [-0.3, -0.25) is 4.98 Å². The van der Waals surface area contributed by atoms with Gasteiger partial charge in [-0.15, -0.1) is 11.8 Å². The van der Waals surface area contributed by atoms with Gasteiger partial charge >= 0.3 is 0 Å². The highest BCUT2D eigenvalue weighted by Crippen LogP contribution is 2.43. The predicted octanol–water partition coefficient (Wildman–Crippen LogP) is 5.13. The van der Waals surface area contributed by atoms with Crippen molar-refractivity contribution < 1.29 is 9.47 Å². The van der Waals surface area contributed by atoms with E-state index >= 15 is 0 Å². The van der Waals surface area contributed by atoms with E-state index in [4.69, 9.17) is 9.47 Å². The minimum Gasteiger partial charge on any atom is -0.493 e. The lowest BCUT2D eigenvalue weighted by Crippen LogP contribution is -2.18. The molecule has 1 saturated carbocycles. The number of methoxy groups -OCH3 is 1. The summed E-state index contributed by atoms with van der Waals surface area (Å²) >= 11 is 1.82. The Bertz CT molecular complexity index is 760. The Kier molecular flexibility index (Phi) is 5.34. The summed E-state index contributed by atoms with van der Waals surface area (Å²) in [7, 11) is 1.71. The quantitative estimate of drug-likeness (QED) is 0.706. The van der Waals surface area contributed by atoms with Crippen LogP contribution >= 0.6 is 11.8 Å². The van der Waals surface area contributed by atoms with E-state index in [0.717, 1.165) is 30.9 Å². The van der Waals surface area contributed by atoms with Crippen molar-refractivity contribution in [2.24, 2.45) is 0 Å². The molecule has 1 unspecified atom stereocenters. The summed E-state index contributed by atoms with van der Waals surface area (Å²) in [6.45, 7) is 0.863. The fourth-order valence-corrected chi connectivity index (χ4v) is 4.55. The van der Waals surface area contributed by atoms with Gasteiger partial charge in [-0.25, -0.2) is 0 Å². The lowest BCUT2D eigenvalue weighted by molar-refractivity contribution is 0.200. The number of nitrogens with zero attached hydrogens (tertiary/aromatic N) is 2. The molecule has 4 rings (SSSR count). The summed E-state index contributed by atoms with van der Waals surface area (Å²) in [5.41, 5.74) is 2.50. The van der Waals surface area contributed by atoms with Gasteiger partial charge in [0.1, 0.15) is 5.37 Å². The van der Waals surface area contributed by atoms with E-state index < -0.39 is 0 Å². The van der Waals surface area contributed by atoms with Gasteiger partial charge in [0, 0.05) is 25.1 Å². The first-order valence-corrected chi connectivity index (χ1v) is 10.1. The van der Waals surface area contributed by atoms with Crippen molar-refractivity contribution in [2.75, 3.05) is 7.11 Å². The van der Waals surface area contributed by atoms with Gasteiger partial charge < -0.3 is 14.4 Å². The van der Waals surface area contributed by atoms with Gasteiger partial charge in [0.05, 0.1) is 13.2 Å². The molecule has 1 aliphatic carbocycles. The van der Waals surface area contributed by atoms with Crippen molar-refractivity contribution in [3.63, 3.8) is 0 Å². The second-order valence-electron chi connectivity index (χ2n) is 6.74. The van der Waals surface area contributed by atoms with Gasteiger partial charge in [0.15, 0.2) is 11.5 Å². The van der Waals surface area contributed by atoms with E-state index in [1.165, 1.54) is 24.0 Å². The normalized spacial score (nSPS) is 19.9. The predicted molar refractivity (Wildman–Crippen MR) is 105 cm³/mol. The first-order valence-electron chi connectivity index (χ1n) is 9.15. The van der Waals surface area contributed by atoms with Crippen LogP contribution in [0.25, 0.3) is 0 Å². The van der Waals surface area contributed by atoms with Gasteiger partial charge in [0.25, 0.3) is 0 Å². The molecule has 1 aromatic heterocycles. The zero-order valence-corrected chi connectivity index (χ0v) is 15.8. The highest BCUT2D eigenvalue weighted by molar-refractivity contribution is 8.02. The molecule has 26 heavy (non-hydrogen) atoms. The number of hydrogen-bond acceptors (Lipinski definition) is 5. The van der Waals surface area contributed by atoms with Crippen LogP contribution in [-0.4, -0.2) is 23.1 Å². The van der Waals surface area contributed by atoms with Crippen LogP contribution in [-0.2, 0) is 6.54 Å². The van der Waals surface area contributed by atoms with Gasteiger partial charge in [-0.05, 0) is 66.5 Å². The molecule has 2 aromatic rings. The molecule has 136 valence electrons. The van der Waals surface area contributed by atoms with Crippen molar-refractivity contribution in [3.05, 3.63) is 65.5 Å². The molecule has 2 heterocycles. The number of aromatic nitrogens is 1. The summed E-state index contributed by atoms with van der Waals surface area (Å²) in [4.78, 5) is 6.45. The third kappa shape index (κ3) is 3.83. The Morgan fingerprint density at radius 3 is 2.69 bits per heavy atom. The van der Waals surface area contributed by atoms with E-state index in [-0.39, 0.29) is 5.37 Å². The SMILES string of the molecule is COc1ccc(C2SC=CN2Cc2ccncc2)cc1OC1CCCC1. The Balaban J connectivity index is 1.54. The molecule has 4 nitrogen and oxygen atoms in total. The van der Waals surface area contributed by atoms with Crippen molar-refractivity contribution in [2.45, 2.75) is 43.7 Å². The molecule has 0 saturated heterocycles. The molecule has 1 aromatic carbocycles. The minimum atomic E-state index is 0.250. The van der Waals surface area contributed by atoms with Crippen LogP contribution in [0.2, 0.25) is 0 Å². The van der Waals surface area contributed by atoms with E-state index in [2.05, 4.69) is 45.8 Å². The van der Waals surface area contributed by atoms with Crippen LogP contribution < -0.4 is 9.47 Å². The number of pyridine rings is 1. The smallest absolute Gasteiger partial charge is 0.161 e. The van der Waals surface area contributed by atoms with Crippen molar-refractivity contribution in [1.82, 2.24) is 9.88 Å². The Labute approximate surface area is 159 Å². The molecule has 0 spiro atoms. The zero-order chi connectivity index (χ0) is 17.8. The molecule has 0 radical (unpaired) electrons. The number of thioether (sulfide) groups is 1. The van der Waals surface area contributed by atoms with Crippen molar-refractivity contribution in [1.29, 1.82) is 0 Å². The maximum atomic E-state index is 6.27. The summed E-state index contributed by atoms with van der Waals surface area (Å²) < 4.78 is 11.8. The van der Waals surface area contributed by atoms with E-state index in [9.17, 15) is 0 Å². The lowest BCUT2D eigenvalue weighted by Gasteiger charge is -2.26. The fourth-order valence-electron chi connectivity index (χ4n) is 3.57. The maximum absolute atomic E-state index is 6.27. The summed E-state index contributed by atoms with van der Waals surface area (Å²) in [6.07, 6.45) is 11.0. The second kappa shape index (κ2) is 8.04. The summed E-state index contributed by atoms with van der Waals surface area (Å²) in [5, 5.41) is 2.41. The van der Waals surface area contributed by atoms with Crippen LogP contribution in [0.15, 0.2) is 54.3 Å². The first-order chi connectivity index (χ1) is 12.8. The lowest BCUT2D eigenvalue weighted by atomic mass is 10.1. The monoisotopic (exact) mass is 368 g/mol. The Morgan fingerprint density at radius 2 is 1.92 bits per heavy atom. The number of ether oxygens (including phenoxy) is 2. The van der Waals surface area contributed by atoms with Gasteiger partial charge in [-0.1, -0.05) is 6.07 Å². The van der Waals surface area contributed by atoms with Crippen molar-refractivity contribution >= 4 is 11.8 Å². The van der Waals surface area contributed by atoms with Crippen LogP contribution in [0.5, 0.6) is 11.5 Å². The Hall–Kier alpha value is -2.14. The number of benzene rings is 1. The fraction of sp³-hybridized carbons (Fsp3) is 0.381. The van der Waals surface area contributed by atoms with Crippen LogP contribution in [0.1, 0.15) is 42.2 Å². The molecule has 0 bridgehead atoms. The third-order valence-electron chi connectivity index (χ3n) is 4.94. The molecular formula is C21H24N2O2S. The standard InChI is InChI=1S/C21H24N2O2S/c1-24-19-7-6-17(14-20(19)25-18-4-2-3-5-18)21-23(12-13-26-21)15-16-8-10-22-11-9-16/h6-14,18,21H,2-5,15H2,1H3. The first kappa shape index (κ1) is 17.3. The molecule has 2 aliphatic rings. The molecule has 1 fully saturated rings. The van der Waals surface area contributed by atoms with Gasteiger partial charge in [0.2, 0.25) is 0 Å². The average molecular weight is 369 g/mol. The van der Waals surface area contributed by atoms with E-state index in [1.54, 1.807) is 7.11 Å². The average Bonchev–Trinajstić information content (AvgIpc) is 3.35. The molecule has 1 aliphatic heterocycles. The van der Waals surface area contributed by atoms with E-state index in [1.807, 2.05) is 30.2 Å². The number of rotatable bonds is 6. The summed E-state index contributed by atoms with van der Waals surface area (Å²) in [6, 6.07) is 10.5.